The van der Waals surface area contributed by atoms with Crippen LogP contribution in [-0.4, -0.2) is 81.0 Å². The van der Waals surface area contributed by atoms with E-state index in [1.54, 1.807) is 15.6 Å². The summed E-state index contributed by atoms with van der Waals surface area (Å²) in [5.41, 5.74) is 4.42. The topological polar surface area (TPSA) is 123 Å². The summed E-state index contributed by atoms with van der Waals surface area (Å²) in [5.74, 6) is 0.175. The van der Waals surface area contributed by atoms with Gasteiger partial charge in [-0.15, -0.1) is 10.2 Å². The van der Waals surface area contributed by atoms with Crippen LogP contribution in [0.4, 0.5) is 16.2 Å². The van der Waals surface area contributed by atoms with E-state index in [4.69, 9.17) is 4.74 Å². The van der Waals surface area contributed by atoms with Crippen molar-refractivity contribution in [2.75, 3.05) is 44.5 Å². The lowest BCUT2D eigenvalue weighted by Crippen LogP contribution is -2.51. The van der Waals surface area contributed by atoms with E-state index in [0.717, 1.165) is 16.8 Å². The third kappa shape index (κ3) is 4.14. The number of ether oxygens (including phenoxy) is 1. The van der Waals surface area contributed by atoms with E-state index < -0.39 is 0 Å². The first-order valence-corrected chi connectivity index (χ1v) is 11.0. The standard InChI is InChI=1S/C23H25N9O3/c1-14-5-6-15(21-26-28-32(27-21)17-12-30(13-17)23(34)35-4)9-19(14)25-22(33)18-11-24-31-8-7-16(29(2)3)10-20(18)31/h5-11,17H,12-13H2,1-4H3,(H,25,33). The molecule has 1 aromatic carbocycles. The molecule has 0 atom stereocenters. The van der Waals surface area contributed by atoms with Gasteiger partial charge in [0.2, 0.25) is 5.82 Å². The van der Waals surface area contributed by atoms with E-state index in [9.17, 15) is 9.59 Å². The molecular formula is C23H25N9O3. The zero-order chi connectivity index (χ0) is 24.7. The number of anilines is 2. The number of methoxy groups -OCH3 is 1. The molecule has 35 heavy (non-hydrogen) atoms. The highest BCUT2D eigenvalue weighted by Gasteiger charge is 2.34. The molecule has 12 heteroatoms. The van der Waals surface area contributed by atoms with Gasteiger partial charge in [-0.1, -0.05) is 12.1 Å². The first-order valence-electron chi connectivity index (χ1n) is 11.0. The van der Waals surface area contributed by atoms with Crippen molar-refractivity contribution >= 4 is 28.9 Å². The van der Waals surface area contributed by atoms with E-state index in [1.807, 2.05) is 62.4 Å². The van der Waals surface area contributed by atoms with E-state index in [0.29, 0.717) is 35.7 Å². The van der Waals surface area contributed by atoms with Gasteiger partial charge in [-0.05, 0) is 35.9 Å². The predicted octanol–water partition coefficient (Wildman–Crippen LogP) is 2.24. The van der Waals surface area contributed by atoms with Crippen molar-refractivity contribution in [1.82, 2.24) is 34.7 Å². The van der Waals surface area contributed by atoms with Crippen LogP contribution in [0.15, 0.2) is 42.7 Å². The maximum absolute atomic E-state index is 13.2. The molecule has 0 radical (unpaired) electrons. The number of carbonyl (C=O) groups excluding carboxylic acids is 2. The van der Waals surface area contributed by atoms with Gasteiger partial charge in [0.1, 0.15) is 6.04 Å². The van der Waals surface area contributed by atoms with Crippen molar-refractivity contribution in [2.24, 2.45) is 0 Å². The molecule has 1 aliphatic heterocycles. The van der Waals surface area contributed by atoms with Gasteiger partial charge in [0, 0.05) is 37.2 Å². The molecule has 5 rings (SSSR count). The summed E-state index contributed by atoms with van der Waals surface area (Å²) < 4.78 is 6.39. The number of hydrogen-bond acceptors (Lipinski definition) is 8. The number of rotatable bonds is 5. The highest BCUT2D eigenvalue weighted by molar-refractivity contribution is 6.09. The molecule has 0 bridgehead atoms. The average molecular weight is 476 g/mol. The lowest BCUT2D eigenvalue weighted by Gasteiger charge is -2.36. The van der Waals surface area contributed by atoms with Crippen LogP contribution in [0, 0.1) is 6.92 Å². The summed E-state index contributed by atoms with van der Waals surface area (Å²) in [6.07, 6.45) is 3.02. The number of fused-ring (bicyclic) bond motifs is 1. The molecule has 1 fully saturated rings. The van der Waals surface area contributed by atoms with Crippen LogP contribution in [0.25, 0.3) is 16.9 Å². The molecular weight excluding hydrogens is 450 g/mol. The zero-order valence-corrected chi connectivity index (χ0v) is 19.8. The number of carbonyl (C=O) groups is 2. The summed E-state index contributed by atoms with van der Waals surface area (Å²) >= 11 is 0. The summed E-state index contributed by atoms with van der Waals surface area (Å²) in [7, 11) is 5.24. The minimum absolute atomic E-state index is 0.0531. The maximum Gasteiger partial charge on any atom is 0.409 e. The smallest absolute Gasteiger partial charge is 0.409 e. The van der Waals surface area contributed by atoms with Crippen LogP contribution in [0.1, 0.15) is 22.0 Å². The van der Waals surface area contributed by atoms with Crippen molar-refractivity contribution in [3.05, 3.63) is 53.9 Å². The van der Waals surface area contributed by atoms with Crippen molar-refractivity contribution in [3.8, 4) is 11.4 Å². The van der Waals surface area contributed by atoms with Gasteiger partial charge in [0.25, 0.3) is 5.91 Å². The van der Waals surface area contributed by atoms with Crippen molar-refractivity contribution in [3.63, 3.8) is 0 Å². The molecule has 1 saturated heterocycles. The van der Waals surface area contributed by atoms with Crippen molar-refractivity contribution in [2.45, 2.75) is 13.0 Å². The Hall–Kier alpha value is -4.48. The molecule has 4 heterocycles. The van der Waals surface area contributed by atoms with Gasteiger partial charge in [-0.2, -0.15) is 9.90 Å². The van der Waals surface area contributed by atoms with E-state index >= 15 is 0 Å². The van der Waals surface area contributed by atoms with E-state index in [2.05, 4.69) is 25.8 Å². The maximum atomic E-state index is 13.2. The molecule has 0 spiro atoms. The number of hydrogen-bond donors (Lipinski definition) is 1. The monoisotopic (exact) mass is 475 g/mol. The summed E-state index contributed by atoms with van der Waals surface area (Å²) in [6, 6.07) is 9.41. The molecule has 0 saturated carbocycles. The number of benzene rings is 1. The minimum atomic E-state index is -0.371. The van der Waals surface area contributed by atoms with Gasteiger partial charge < -0.3 is 19.9 Å². The summed E-state index contributed by atoms with van der Waals surface area (Å²) in [6.45, 7) is 2.85. The minimum Gasteiger partial charge on any atom is -0.453 e. The highest BCUT2D eigenvalue weighted by atomic mass is 16.5. The highest BCUT2D eigenvalue weighted by Crippen LogP contribution is 2.26. The van der Waals surface area contributed by atoms with Crippen LogP contribution >= 0.6 is 0 Å². The lowest BCUT2D eigenvalue weighted by atomic mass is 10.1. The number of tetrazole rings is 1. The van der Waals surface area contributed by atoms with Crippen molar-refractivity contribution in [1.29, 1.82) is 0 Å². The van der Waals surface area contributed by atoms with Crippen LogP contribution < -0.4 is 10.2 Å². The van der Waals surface area contributed by atoms with E-state index in [1.165, 1.54) is 11.9 Å². The van der Waals surface area contributed by atoms with Gasteiger partial charge in [-0.25, -0.2) is 9.31 Å². The fraction of sp³-hybridized carbons (Fsp3) is 0.304. The molecule has 12 nitrogen and oxygen atoms in total. The zero-order valence-electron chi connectivity index (χ0n) is 19.8. The van der Waals surface area contributed by atoms with Crippen LogP contribution in [-0.2, 0) is 4.74 Å². The molecule has 0 aliphatic carbocycles. The van der Waals surface area contributed by atoms with Gasteiger partial charge in [0.05, 0.1) is 37.5 Å². The van der Waals surface area contributed by atoms with E-state index in [-0.39, 0.29) is 18.0 Å². The number of aryl methyl sites for hydroxylation is 1. The van der Waals surface area contributed by atoms with Crippen LogP contribution in [0.5, 0.6) is 0 Å². The Morgan fingerprint density at radius 1 is 1.17 bits per heavy atom. The number of amides is 2. The Labute approximate surface area is 201 Å². The molecule has 180 valence electrons. The normalized spacial score (nSPS) is 13.5. The average Bonchev–Trinajstić information content (AvgIpc) is 3.46. The Balaban J connectivity index is 1.35. The molecule has 2 amide bonds. The number of nitrogens with one attached hydrogen (secondary N) is 1. The first-order chi connectivity index (χ1) is 16.8. The Bertz CT molecular complexity index is 1420. The van der Waals surface area contributed by atoms with Gasteiger partial charge in [0.15, 0.2) is 0 Å². The number of aromatic nitrogens is 6. The second kappa shape index (κ2) is 8.70. The van der Waals surface area contributed by atoms with Crippen LogP contribution in [0.3, 0.4) is 0 Å². The fourth-order valence-corrected chi connectivity index (χ4v) is 3.88. The molecule has 1 aliphatic rings. The van der Waals surface area contributed by atoms with Crippen molar-refractivity contribution < 1.29 is 14.3 Å². The van der Waals surface area contributed by atoms with Gasteiger partial charge >= 0.3 is 6.09 Å². The Morgan fingerprint density at radius 2 is 1.97 bits per heavy atom. The molecule has 4 aromatic rings. The first kappa shape index (κ1) is 22.3. The summed E-state index contributed by atoms with van der Waals surface area (Å²) in [4.78, 5) is 29.8. The van der Waals surface area contributed by atoms with Crippen LogP contribution in [0.2, 0.25) is 0 Å². The quantitative estimate of drug-likeness (QED) is 0.466. The number of nitrogens with zero attached hydrogens (tertiary/aromatic N) is 8. The second-order valence-corrected chi connectivity index (χ2v) is 8.61. The van der Waals surface area contributed by atoms with Gasteiger partial charge in [-0.3, -0.25) is 4.79 Å². The second-order valence-electron chi connectivity index (χ2n) is 8.61. The molecule has 0 unspecified atom stereocenters. The molecule has 1 N–H and O–H groups in total. The Kier molecular flexibility index (Phi) is 5.55. The predicted molar refractivity (Wildman–Crippen MR) is 128 cm³/mol. The summed E-state index contributed by atoms with van der Waals surface area (Å²) in [5, 5.41) is 20.1. The number of likely N-dealkylation sites (tertiary alicyclic amines) is 1. The lowest BCUT2D eigenvalue weighted by molar-refractivity contribution is 0.0621. The molecule has 3 aromatic heterocycles. The third-order valence-corrected chi connectivity index (χ3v) is 6.06. The fourth-order valence-electron chi connectivity index (χ4n) is 3.88. The third-order valence-electron chi connectivity index (χ3n) is 6.06. The SMILES string of the molecule is COC(=O)N1CC(n2nnc(-c3ccc(C)c(NC(=O)c4cnn5ccc(N(C)C)cc45)c3)n2)C1. The number of pyridine rings is 1. The largest absolute Gasteiger partial charge is 0.453 e. The Morgan fingerprint density at radius 3 is 2.71 bits per heavy atom.